The molecule has 0 aromatic carbocycles. The summed E-state index contributed by atoms with van der Waals surface area (Å²) in [5.41, 5.74) is 0.596. The Labute approximate surface area is 98.6 Å². The molecule has 1 rings (SSSR count). The van der Waals surface area contributed by atoms with Crippen LogP contribution in [0.15, 0.2) is 18.3 Å². The zero-order chi connectivity index (χ0) is 12.0. The summed E-state index contributed by atoms with van der Waals surface area (Å²) >= 11 is 5.65. The van der Waals surface area contributed by atoms with E-state index in [4.69, 9.17) is 11.6 Å². The molecule has 1 aromatic rings. The van der Waals surface area contributed by atoms with Gasteiger partial charge in [-0.2, -0.15) is 0 Å². The molecule has 0 aliphatic rings. The second kappa shape index (κ2) is 6.23. The Kier molecular flexibility index (Phi) is 4.92. The third kappa shape index (κ3) is 4.40. The van der Waals surface area contributed by atoms with E-state index in [0.717, 1.165) is 0 Å². The number of rotatable bonds is 5. The summed E-state index contributed by atoms with van der Waals surface area (Å²) in [7, 11) is 0. The minimum Gasteiger partial charge on any atom is -0.466 e. The summed E-state index contributed by atoms with van der Waals surface area (Å²) in [5.74, 6) is -0.713. The van der Waals surface area contributed by atoms with E-state index in [1.54, 1.807) is 19.1 Å². The van der Waals surface area contributed by atoms with Gasteiger partial charge >= 0.3 is 5.97 Å². The second-order valence-corrected chi connectivity index (χ2v) is 3.60. The molecule has 16 heavy (non-hydrogen) atoms. The van der Waals surface area contributed by atoms with Crippen molar-refractivity contribution in [1.82, 2.24) is 4.98 Å². The van der Waals surface area contributed by atoms with E-state index in [1.807, 2.05) is 0 Å². The molecule has 0 amide bonds. The third-order valence-corrected chi connectivity index (χ3v) is 2.04. The summed E-state index contributed by atoms with van der Waals surface area (Å²) in [4.78, 5) is 26.4. The highest BCUT2D eigenvalue weighted by atomic mass is 35.5. The van der Waals surface area contributed by atoms with Crippen LogP contribution in [0.3, 0.4) is 0 Å². The number of Topliss-reactive ketones (excluding diaryl/α,β-unsaturated/α-hetero) is 1. The van der Waals surface area contributed by atoms with Crippen LogP contribution in [-0.2, 0) is 20.7 Å². The minimum absolute atomic E-state index is 0.121. The predicted octanol–water partition coefficient (Wildman–Crippen LogP) is 1.80. The molecule has 0 bridgehead atoms. The molecule has 0 fully saturated rings. The number of halogens is 1. The van der Waals surface area contributed by atoms with Gasteiger partial charge in [0.25, 0.3) is 0 Å². The first-order valence-corrected chi connectivity index (χ1v) is 5.27. The first-order chi connectivity index (χ1) is 7.61. The molecule has 1 heterocycles. The molecule has 0 spiro atoms. The van der Waals surface area contributed by atoms with Gasteiger partial charge in [0.2, 0.25) is 0 Å². The summed E-state index contributed by atoms with van der Waals surface area (Å²) in [6.07, 6.45) is 1.38. The Hall–Kier alpha value is -1.42. The number of esters is 1. The average molecular weight is 242 g/mol. The van der Waals surface area contributed by atoms with Crippen molar-refractivity contribution in [3.63, 3.8) is 0 Å². The van der Waals surface area contributed by atoms with E-state index in [1.165, 1.54) is 6.20 Å². The molecular formula is C11H12ClNO3. The van der Waals surface area contributed by atoms with Gasteiger partial charge in [-0.25, -0.2) is 0 Å². The standard InChI is InChI=1S/C11H12ClNO3/c1-2-16-11(15)6-10(14)5-9-4-3-8(12)7-13-9/h3-4,7H,2,5-6H2,1H3. The summed E-state index contributed by atoms with van der Waals surface area (Å²) in [6.45, 7) is 1.98. The van der Waals surface area contributed by atoms with Crippen molar-refractivity contribution in [2.75, 3.05) is 6.61 Å². The largest absolute Gasteiger partial charge is 0.466 e. The fraction of sp³-hybridized carbons (Fsp3) is 0.364. The lowest BCUT2D eigenvalue weighted by molar-refractivity contribution is -0.145. The van der Waals surface area contributed by atoms with Gasteiger partial charge in [0.05, 0.1) is 11.6 Å². The quantitative estimate of drug-likeness (QED) is 0.583. The molecule has 0 saturated heterocycles. The van der Waals surface area contributed by atoms with Crippen molar-refractivity contribution in [2.24, 2.45) is 0 Å². The molecule has 0 unspecified atom stereocenters. The van der Waals surface area contributed by atoms with Crippen molar-refractivity contribution in [3.8, 4) is 0 Å². The fourth-order valence-electron chi connectivity index (χ4n) is 1.15. The lowest BCUT2D eigenvalue weighted by Crippen LogP contribution is -2.13. The summed E-state index contributed by atoms with van der Waals surface area (Å²) in [5, 5.41) is 0.515. The number of ketones is 1. The molecule has 0 aliphatic carbocycles. The van der Waals surface area contributed by atoms with Crippen molar-refractivity contribution >= 4 is 23.4 Å². The van der Waals surface area contributed by atoms with E-state index in [9.17, 15) is 9.59 Å². The van der Waals surface area contributed by atoms with Crippen LogP contribution in [0.4, 0.5) is 0 Å². The van der Waals surface area contributed by atoms with Gasteiger partial charge in [0.15, 0.2) is 0 Å². The topological polar surface area (TPSA) is 56.3 Å². The Bertz CT molecular complexity index is 375. The number of carbonyl (C=O) groups is 2. The van der Waals surface area contributed by atoms with E-state index in [0.29, 0.717) is 10.7 Å². The molecule has 0 saturated carbocycles. The molecule has 0 radical (unpaired) electrons. The lowest BCUT2D eigenvalue weighted by atomic mass is 10.1. The van der Waals surface area contributed by atoms with Crippen LogP contribution in [0.1, 0.15) is 19.0 Å². The van der Waals surface area contributed by atoms with E-state index in [-0.39, 0.29) is 25.2 Å². The van der Waals surface area contributed by atoms with Crippen LogP contribution in [0.2, 0.25) is 5.02 Å². The average Bonchev–Trinajstić information content (AvgIpc) is 2.21. The summed E-state index contributed by atoms with van der Waals surface area (Å²) < 4.78 is 4.67. The Morgan fingerprint density at radius 1 is 1.44 bits per heavy atom. The maximum atomic E-state index is 11.4. The molecule has 0 aliphatic heterocycles. The first-order valence-electron chi connectivity index (χ1n) is 4.89. The first kappa shape index (κ1) is 12.6. The zero-order valence-electron chi connectivity index (χ0n) is 8.90. The van der Waals surface area contributed by atoms with Crippen LogP contribution < -0.4 is 0 Å². The van der Waals surface area contributed by atoms with Gasteiger partial charge in [0.1, 0.15) is 12.2 Å². The molecule has 5 heteroatoms. The Morgan fingerprint density at radius 3 is 2.75 bits per heavy atom. The van der Waals surface area contributed by atoms with Gasteiger partial charge in [0, 0.05) is 18.3 Å². The highest BCUT2D eigenvalue weighted by molar-refractivity contribution is 6.30. The highest BCUT2D eigenvalue weighted by Crippen LogP contribution is 2.07. The lowest BCUT2D eigenvalue weighted by Gasteiger charge is -2.01. The van der Waals surface area contributed by atoms with Crippen molar-refractivity contribution < 1.29 is 14.3 Å². The van der Waals surface area contributed by atoms with Gasteiger partial charge in [-0.15, -0.1) is 0 Å². The fourth-order valence-corrected chi connectivity index (χ4v) is 1.26. The molecular weight excluding hydrogens is 230 g/mol. The normalized spacial score (nSPS) is 9.88. The number of carbonyl (C=O) groups excluding carboxylic acids is 2. The Balaban J connectivity index is 2.45. The predicted molar refractivity (Wildman–Crippen MR) is 59.2 cm³/mol. The van der Waals surface area contributed by atoms with Crippen LogP contribution in [0.25, 0.3) is 0 Å². The monoisotopic (exact) mass is 241 g/mol. The van der Waals surface area contributed by atoms with Crippen LogP contribution in [0, 0.1) is 0 Å². The van der Waals surface area contributed by atoms with Crippen LogP contribution in [0.5, 0.6) is 0 Å². The van der Waals surface area contributed by atoms with E-state index < -0.39 is 5.97 Å². The van der Waals surface area contributed by atoms with E-state index >= 15 is 0 Å². The molecule has 86 valence electrons. The van der Waals surface area contributed by atoms with Crippen molar-refractivity contribution in [3.05, 3.63) is 29.0 Å². The van der Waals surface area contributed by atoms with Gasteiger partial charge in [-0.3, -0.25) is 14.6 Å². The zero-order valence-corrected chi connectivity index (χ0v) is 9.66. The Morgan fingerprint density at radius 2 is 2.19 bits per heavy atom. The van der Waals surface area contributed by atoms with Gasteiger partial charge in [-0.05, 0) is 19.1 Å². The molecule has 0 N–H and O–H groups in total. The number of pyridine rings is 1. The third-order valence-electron chi connectivity index (χ3n) is 1.81. The number of hydrogen-bond acceptors (Lipinski definition) is 4. The van der Waals surface area contributed by atoms with Crippen LogP contribution >= 0.6 is 11.6 Å². The number of ether oxygens (including phenoxy) is 1. The van der Waals surface area contributed by atoms with Crippen molar-refractivity contribution in [1.29, 1.82) is 0 Å². The smallest absolute Gasteiger partial charge is 0.313 e. The summed E-state index contributed by atoms with van der Waals surface area (Å²) in [6, 6.07) is 3.31. The SMILES string of the molecule is CCOC(=O)CC(=O)Cc1ccc(Cl)cn1. The molecule has 0 atom stereocenters. The number of hydrogen-bond donors (Lipinski definition) is 0. The van der Waals surface area contributed by atoms with Gasteiger partial charge < -0.3 is 4.74 Å². The van der Waals surface area contributed by atoms with Gasteiger partial charge in [-0.1, -0.05) is 11.6 Å². The molecule has 1 aromatic heterocycles. The highest BCUT2D eigenvalue weighted by Gasteiger charge is 2.11. The molecule has 4 nitrogen and oxygen atoms in total. The minimum atomic E-state index is -0.499. The second-order valence-electron chi connectivity index (χ2n) is 3.17. The number of nitrogens with zero attached hydrogens (tertiary/aromatic N) is 1. The van der Waals surface area contributed by atoms with Crippen LogP contribution in [-0.4, -0.2) is 23.3 Å². The number of aromatic nitrogens is 1. The maximum Gasteiger partial charge on any atom is 0.313 e. The maximum absolute atomic E-state index is 11.4. The van der Waals surface area contributed by atoms with E-state index in [2.05, 4.69) is 9.72 Å². The van der Waals surface area contributed by atoms with Crippen molar-refractivity contribution in [2.45, 2.75) is 19.8 Å².